The van der Waals surface area contributed by atoms with E-state index < -0.39 is 0 Å². The Balaban J connectivity index is 2.15. The van der Waals surface area contributed by atoms with Crippen LogP contribution in [0.15, 0.2) is 24.3 Å². The van der Waals surface area contributed by atoms with Crippen LogP contribution in [0.3, 0.4) is 0 Å². The van der Waals surface area contributed by atoms with Gasteiger partial charge in [-0.25, -0.2) is 0 Å². The first-order chi connectivity index (χ1) is 10.0. The Hall–Kier alpha value is -2.63. The van der Waals surface area contributed by atoms with Gasteiger partial charge in [-0.1, -0.05) is 6.92 Å². The van der Waals surface area contributed by atoms with Gasteiger partial charge in [-0.15, -0.1) is 0 Å². The number of rotatable bonds is 4. The minimum absolute atomic E-state index is 0.101. The Bertz CT molecular complexity index is 671. The molecule has 0 radical (unpaired) electrons. The third-order valence-electron chi connectivity index (χ3n) is 3.12. The van der Waals surface area contributed by atoms with Crippen molar-refractivity contribution >= 4 is 11.6 Å². The van der Waals surface area contributed by atoms with Gasteiger partial charge < -0.3 is 16.2 Å². The summed E-state index contributed by atoms with van der Waals surface area (Å²) in [5.41, 5.74) is 8.61. The molecule has 1 aromatic carbocycles. The van der Waals surface area contributed by atoms with Gasteiger partial charge in [-0.05, 0) is 37.6 Å². The average molecular weight is 286 g/mol. The van der Waals surface area contributed by atoms with Gasteiger partial charge >= 0.3 is 0 Å². The summed E-state index contributed by atoms with van der Waals surface area (Å²) in [5, 5.41) is 20.5. The first-order valence-corrected chi connectivity index (χ1v) is 6.70. The zero-order chi connectivity index (χ0) is 15.4. The van der Waals surface area contributed by atoms with E-state index in [0.29, 0.717) is 34.6 Å². The summed E-state index contributed by atoms with van der Waals surface area (Å²) in [4.78, 5) is 12.3. The zero-order valence-corrected chi connectivity index (χ0v) is 12.1. The number of phenolic OH excluding ortho intramolecular Hbond substituents is 1. The maximum absolute atomic E-state index is 12.3. The van der Waals surface area contributed by atoms with Crippen LogP contribution in [0, 0.1) is 6.92 Å². The standard InChI is InChI=1S/C15H18N4O2/c1-3-13-12(6-9(2)18-19-13)15(21)17-8-10-7-11(16)4-5-14(10)20/h4-7,20H,3,8,16H2,1-2H3,(H,17,21). The summed E-state index contributed by atoms with van der Waals surface area (Å²) in [5.74, 6) is -0.143. The lowest BCUT2D eigenvalue weighted by Gasteiger charge is -2.10. The fraction of sp³-hybridized carbons (Fsp3) is 0.267. The molecule has 21 heavy (non-hydrogen) atoms. The number of hydrogen-bond donors (Lipinski definition) is 3. The molecule has 2 rings (SSSR count). The molecule has 0 fully saturated rings. The molecule has 0 unspecified atom stereocenters. The Morgan fingerprint density at radius 1 is 1.33 bits per heavy atom. The highest BCUT2D eigenvalue weighted by Crippen LogP contribution is 2.19. The van der Waals surface area contributed by atoms with E-state index in [9.17, 15) is 9.90 Å². The molecule has 1 heterocycles. The van der Waals surface area contributed by atoms with E-state index >= 15 is 0 Å². The first-order valence-electron chi connectivity index (χ1n) is 6.70. The number of phenols is 1. The summed E-state index contributed by atoms with van der Waals surface area (Å²) in [6.45, 7) is 3.90. The molecule has 0 atom stereocenters. The number of benzene rings is 1. The fourth-order valence-corrected chi connectivity index (χ4v) is 1.99. The third kappa shape index (κ3) is 3.47. The van der Waals surface area contributed by atoms with Gasteiger partial charge in [0.05, 0.1) is 17.0 Å². The fourth-order valence-electron chi connectivity index (χ4n) is 1.99. The summed E-state index contributed by atoms with van der Waals surface area (Å²) in [6.07, 6.45) is 0.625. The second kappa shape index (κ2) is 6.21. The molecule has 1 amide bonds. The summed E-state index contributed by atoms with van der Waals surface area (Å²) >= 11 is 0. The van der Waals surface area contributed by atoms with Crippen LogP contribution in [0.4, 0.5) is 5.69 Å². The molecule has 6 heteroatoms. The maximum atomic E-state index is 12.3. The van der Waals surface area contributed by atoms with Crippen LogP contribution >= 0.6 is 0 Å². The van der Waals surface area contributed by atoms with Gasteiger partial charge in [0, 0.05) is 17.8 Å². The molecule has 0 aliphatic rings. The van der Waals surface area contributed by atoms with E-state index in [0.717, 1.165) is 0 Å². The van der Waals surface area contributed by atoms with E-state index in [1.165, 1.54) is 6.07 Å². The quantitative estimate of drug-likeness (QED) is 0.585. The molecule has 0 spiro atoms. The number of hydrogen-bond acceptors (Lipinski definition) is 5. The highest BCUT2D eigenvalue weighted by molar-refractivity contribution is 5.95. The van der Waals surface area contributed by atoms with E-state index in [-0.39, 0.29) is 18.2 Å². The summed E-state index contributed by atoms with van der Waals surface area (Å²) in [6, 6.07) is 6.45. The van der Waals surface area contributed by atoms with Crippen LogP contribution in [0.1, 0.15) is 34.2 Å². The number of aromatic hydroxyl groups is 1. The van der Waals surface area contributed by atoms with Gasteiger partial charge in [-0.2, -0.15) is 10.2 Å². The van der Waals surface area contributed by atoms with E-state index in [2.05, 4.69) is 15.5 Å². The number of anilines is 1. The number of nitrogen functional groups attached to an aromatic ring is 1. The van der Waals surface area contributed by atoms with Gasteiger partial charge in [0.2, 0.25) is 0 Å². The Morgan fingerprint density at radius 3 is 2.81 bits per heavy atom. The van der Waals surface area contributed by atoms with Crippen molar-refractivity contribution in [1.29, 1.82) is 0 Å². The molecule has 2 aromatic rings. The third-order valence-corrected chi connectivity index (χ3v) is 3.12. The van der Waals surface area contributed by atoms with Gasteiger partial charge in [0.25, 0.3) is 5.91 Å². The van der Waals surface area contributed by atoms with Crippen molar-refractivity contribution in [3.63, 3.8) is 0 Å². The van der Waals surface area contributed by atoms with Gasteiger partial charge in [-0.3, -0.25) is 4.79 Å². The number of nitrogens with two attached hydrogens (primary N) is 1. The van der Waals surface area contributed by atoms with E-state index in [1.807, 2.05) is 6.92 Å². The van der Waals surface area contributed by atoms with Crippen molar-refractivity contribution in [3.05, 3.63) is 46.8 Å². The number of carbonyl (C=O) groups is 1. The van der Waals surface area contributed by atoms with Crippen LogP contribution in [0.25, 0.3) is 0 Å². The minimum Gasteiger partial charge on any atom is -0.508 e. The predicted octanol–water partition coefficient (Wildman–Crippen LogP) is 1.57. The average Bonchev–Trinajstić information content (AvgIpc) is 2.47. The molecule has 110 valence electrons. The number of amides is 1. The molecule has 0 aliphatic carbocycles. The second-order valence-electron chi connectivity index (χ2n) is 4.77. The molecular weight excluding hydrogens is 268 g/mol. The lowest BCUT2D eigenvalue weighted by Crippen LogP contribution is -2.25. The molecule has 4 N–H and O–H groups in total. The number of aromatic nitrogens is 2. The number of nitrogens with one attached hydrogen (secondary N) is 1. The molecule has 0 aliphatic heterocycles. The lowest BCUT2D eigenvalue weighted by molar-refractivity contribution is 0.0949. The van der Waals surface area contributed by atoms with Crippen molar-refractivity contribution in [1.82, 2.24) is 15.5 Å². The minimum atomic E-state index is -0.244. The Morgan fingerprint density at radius 2 is 2.10 bits per heavy atom. The van der Waals surface area contributed by atoms with E-state index in [1.54, 1.807) is 25.1 Å². The van der Waals surface area contributed by atoms with Crippen LogP contribution in [-0.4, -0.2) is 21.2 Å². The molecule has 6 nitrogen and oxygen atoms in total. The number of nitrogens with zero attached hydrogens (tertiary/aromatic N) is 2. The van der Waals surface area contributed by atoms with Crippen molar-refractivity contribution < 1.29 is 9.90 Å². The first kappa shape index (κ1) is 14.8. The number of carbonyl (C=O) groups excluding carboxylic acids is 1. The van der Waals surface area contributed by atoms with Crippen LogP contribution in [-0.2, 0) is 13.0 Å². The molecule has 0 saturated carbocycles. The number of aryl methyl sites for hydroxylation is 2. The van der Waals surface area contributed by atoms with Crippen molar-refractivity contribution in [2.24, 2.45) is 0 Å². The molecule has 0 bridgehead atoms. The van der Waals surface area contributed by atoms with Crippen LogP contribution < -0.4 is 11.1 Å². The highest BCUT2D eigenvalue weighted by Gasteiger charge is 2.13. The topological polar surface area (TPSA) is 101 Å². The summed E-state index contributed by atoms with van der Waals surface area (Å²) in [7, 11) is 0. The SMILES string of the molecule is CCc1nnc(C)cc1C(=O)NCc1cc(N)ccc1O. The van der Waals surface area contributed by atoms with Crippen molar-refractivity contribution in [2.45, 2.75) is 26.8 Å². The van der Waals surface area contributed by atoms with Crippen molar-refractivity contribution in [2.75, 3.05) is 5.73 Å². The monoisotopic (exact) mass is 286 g/mol. The normalized spacial score (nSPS) is 10.4. The van der Waals surface area contributed by atoms with Crippen LogP contribution in [0.2, 0.25) is 0 Å². The summed E-state index contributed by atoms with van der Waals surface area (Å²) < 4.78 is 0. The van der Waals surface area contributed by atoms with Gasteiger partial charge in [0.1, 0.15) is 5.75 Å². The van der Waals surface area contributed by atoms with Crippen LogP contribution in [0.5, 0.6) is 5.75 Å². The van der Waals surface area contributed by atoms with Crippen molar-refractivity contribution in [3.8, 4) is 5.75 Å². The molecular formula is C15H18N4O2. The Labute approximate surface area is 123 Å². The molecule has 1 aromatic heterocycles. The predicted molar refractivity (Wildman–Crippen MR) is 79.8 cm³/mol. The largest absolute Gasteiger partial charge is 0.508 e. The van der Waals surface area contributed by atoms with Gasteiger partial charge in [0.15, 0.2) is 0 Å². The van der Waals surface area contributed by atoms with E-state index in [4.69, 9.17) is 5.73 Å². The smallest absolute Gasteiger partial charge is 0.253 e. The second-order valence-corrected chi connectivity index (χ2v) is 4.77. The zero-order valence-electron chi connectivity index (χ0n) is 12.1. The Kier molecular flexibility index (Phi) is 4.37. The highest BCUT2D eigenvalue weighted by atomic mass is 16.3. The molecule has 0 saturated heterocycles. The maximum Gasteiger partial charge on any atom is 0.253 e. The lowest BCUT2D eigenvalue weighted by atomic mass is 10.1.